The van der Waals surface area contributed by atoms with Crippen LogP contribution >= 0.6 is 23.2 Å². The zero-order chi connectivity index (χ0) is 17.0. The molecular formula is C14H13Cl2N3O4. The fourth-order valence-corrected chi connectivity index (χ4v) is 2.56. The summed E-state index contributed by atoms with van der Waals surface area (Å²) in [6.45, 7) is -0.302. The maximum absolute atomic E-state index is 11.7. The van der Waals surface area contributed by atoms with Crippen LogP contribution in [-0.4, -0.2) is 22.7 Å². The number of anilines is 1. The second-order valence-electron chi connectivity index (χ2n) is 4.78. The molecule has 1 aromatic carbocycles. The molecule has 23 heavy (non-hydrogen) atoms. The Bertz CT molecular complexity index is 713. The summed E-state index contributed by atoms with van der Waals surface area (Å²) in [6, 6.07) is 9.60. The quantitative estimate of drug-likeness (QED) is 0.272. The summed E-state index contributed by atoms with van der Waals surface area (Å²) in [4.78, 5) is 10.4. The third-order valence-corrected chi connectivity index (χ3v) is 3.79. The van der Waals surface area contributed by atoms with Gasteiger partial charge in [0, 0.05) is 0 Å². The standard InChI is InChI=1S/C14H13Cl2N3O4/c15-12-7-11(19(22)23)13(14(16)18(12)21)17-10(8-20)6-9-4-2-1-3-5-9/h1-5,7,10,17,20H,6,8H2/t10-/m0/s1. The minimum absolute atomic E-state index is 0.175. The van der Waals surface area contributed by atoms with Gasteiger partial charge in [-0.2, -0.15) is 0 Å². The first-order valence-corrected chi connectivity index (χ1v) is 7.37. The molecule has 0 unspecified atom stereocenters. The van der Waals surface area contributed by atoms with Crippen molar-refractivity contribution in [3.8, 4) is 0 Å². The smallest absolute Gasteiger partial charge is 0.318 e. The number of hydrogen-bond donors (Lipinski definition) is 2. The van der Waals surface area contributed by atoms with E-state index < -0.39 is 27.0 Å². The molecule has 2 N–H and O–H groups in total. The Morgan fingerprint density at radius 2 is 1.96 bits per heavy atom. The van der Waals surface area contributed by atoms with Crippen LogP contribution in [-0.2, 0) is 6.42 Å². The highest BCUT2D eigenvalue weighted by atomic mass is 35.5. The first-order chi connectivity index (χ1) is 10.9. The number of aliphatic hydroxyl groups is 1. The molecule has 9 heteroatoms. The third kappa shape index (κ3) is 4.01. The zero-order valence-corrected chi connectivity index (χ0v) is 13.3. The Hall–Kier alpha value is -2.09. The van der Waals surface area contributed by atoms with E-state index in [-0.39, 0.29) is 17.0 Å². The van der Waals surface area contributed by atoms with E-state index in [1.807, 2.05) is 30.3 Å². The fraction of sp³-hybridized carbons (Fsp3) is 0.214. The van der Waals surface area contributed by atoms with Crippen LogP contribution < -0.4 is 10.0 Å². The van der Waals surface area contributed by atoms with Crippen molar-refractivity contribution in [1.29, 1.82) is 0 Å². The Kier molecular flexibility index (Phi) is 5.59. The molecule has 0 radical (unpaired) electrons. The minimum Gasteiger partial charge on any atom is -0.616 e. The van der Waals surface area contributed by atoms with Gasteiger partial charge in [-0.25, -0.2) is 0 Å². The number of halogens is 2. The molecule has 0 aliphatic carbocycles. The van der Waals surface area contributed by atoms with E-state index in [9.17, 15) is 20.4 Å². The van der Waals surface area contributed by atoms with Crippen LogP contribution in [0.4, 0.5) is 11.4 Å². The molecule has 0 aliphatic rings. The van der Waals surface area contributed by atoms with Crippen molar-refractivity contribution >= 4 is 34.6 Å². The van der Waals surface area contributed by atoms with Crippen molar-refractivity contribution in [1.82, 2.24) is 0 Å². The Balaban J connectivity index is 2.33. The lowest BCUT2D eigenvalue weighted by molar-refractivity contribution is -0.600. The van der Waals surface area contributed by atoms with E-state index in [2.05, 4.69) is 5.32 Å². The Labute approximate surface area is 141 Å². The van der Waals surface area contributed by atoms with Crippen LogP contribution in [0, 0.1) is 15.3 Å². The number of nitrogens with zero attached hydrogens (tertiary/aromatic N) is 2. The number of nitrogens with one attached hydrogen (secondary N) is 1. The average molecular weight is 358 g/mol. The molecule has 2 rings (SSSR count). The van der Waals surface area contributed by atoms with Crippen molar-refractivity contribution in [2.75, 3.05) is 11.9 Å². The van der Waals surface area contributed by atoms with Crippen molar-refractivity contribution in [3.63, 3.8) is 0 Å². The fourth-order valence-electron chi connectivity index (χ4n) is 2.09. The first kappa shape index (κ1) is 17.3. The Morgan fingerprint density at radius 3 is 2.52 bits per heavy atom. The lowest BCUT2D eigenvalue weighted by Crippen LogP contribution is -2.33. The average Bonchev–Trinajstić information content (AvgIpc) is 2.54. The van der Waals surface area contributed by atoms with Crippen molar-refractivity contribution in [3.05, 3.63) is 67.6 Å². The number of hydrogen-bond acceptors (Lipinski definition) is 5. The molecule has 0 saturated carbocycles. The minimum atomic E-state index is -0.697. The number of pyridine rings is 1. The van der Waals surface area contributed by atoms with Gasteiger partial charge in [0.2, 0.25) is 5.69 Å². The molecule has 122 valence electrons. The first-order valence-electron chi connectivity index (χ1n) is 6.61. The molecule has 2 aromatic rings. The normalized spacial score (nSPS) is 12.0. The molecule has 0 spiro atoms. The summed E-state index contributed by atoms with van der Waals surface area (Å²) >= 11 is 11.5. The molecule has 1 heterocycles. The molecule has 7 nitrogen and oxygen atoms in total. The SMILES string of the molecule is O=[N+]([O-])c1cc(Cl)[n+]([O-])c(Cl)c1N[C@H](CO)Cc1ccccc1. The second-order valence-corrected chi connectivity index (χ2v) is 5.53. The van der Waals surface area contributed by atoms with E-state index in [0.717, 1.165) is 11.6 Å². The van der Waals surface area contributed by atoms with Gasteiger partial charge in [0.25, 0.3) is 5.15 Å². The van der Waals surface area contributed by atoms with Gasteiger partial charge in [-0.15, -0.1) is 4.73 Å². The van der Waals surface area contributed by atoms with E-state index >= 15 is 0 Å². The number of rotatable bonds is 6. The largest absolute Gasteiger partial charge is 0.616 e. The number of aliphatic hydroxyl groups excluding tert-OH is 1. The lowest BCUT2D eigenvalue weighted by atomic mass is 10.1. The van der Waals surface area contributed by atoms with E-state index in [1.165, 1.54) is 0 Å². The molecule has 0 fully saturated rings. The second kappa shape index (κ2) is 7.45. The van der Waals surface area contributed by atoms with Crippen molar-refractivity contribution in [2.24, 2.45) is 0 Å². The topological polar surface area (TPSA) is 102 Å². The predicted molar refractivity (Wildman–Crippen MR) is 86.7 cm³/mol. The van der Waals surface area contributed by atoms with E-state index in [4.69, 9.17) is 23.2 Å². The zero-order valence-electron chi connectivity index (χ0n) is 11.8. The van der Waals surface area contributed by atoms with Gasteiger partial charge in [-0.3, -0.25) is 10.1 Å². The summed E-state index contributed by atoms with van der Waals surface area (Å²) in [5, 5.41) is 34.3. The monoisotopic (exact) mass is 357 g/mol. The molecule has 0 aliphatic heterocycles. The highest BCUT2D eigenvalue weighted by Gasteiger charge is 2.28. The van der Waals surface area contributed by atoms with Gasteiger partial charge in [-0.05, 0) is 35.2 Å². The van der Waals surface area contributed by atoms with Gasteiger partial charge < -0.3 is 15.6 Å². The molecule has 0 saturated heterocycles. The van der Waals surface area contributed by atoms with Crippen LogP contribution in [0.15, 0.2) is 36.4 Å². The predicted octanol–water partition coefficient (Wildman–Crippen LogP) is 2.55. The molecule has 1 aromatic heterocycles. The van der Waals surface area contributed by atoms with Crippen molar-refractivity contribution < 1.29 is 14.8 Å². The highest BCUT2D eigenvalue weighted by Crippen LogP contribution is 2.32. The van der Waals surface area contributed by atoms with Gasteiger partial charge in [0.15, 0.2) is 0 Å². The molecular weight excluding hydrogens is 345 g/mol. The van der Waals surface area contributed by atoms with Gasteiger partial charge in [0.1, 0.15) is 6.07 Å². The number of benzene rings is 1. The van der Waals surface area contributed by atoms with Crippen LogP contribution in [0.1, 0.15) is 5.56 Å². The van der Waals surface area contributed by atoms with Crippen LogP contribution in [0.25, 0.3) is 0 Å². The van der Waals surface area contributed by atoms with Crippen LogP contribution in [0.2, 0.25) is 10.3 Å². The van der Waals surface area contributed by atoms with Crippen LogP contribution in [0.5, 0.6) is 0 Å². The molecule has 0 amide bonds. The summed E-state index contributed by atoms with van der Waals surface area (Å²) in [5.74, 6) is 0. The summed E-state index contributed by atoms with van der Waals surface area (Å²) < 4.78 is 0.176. The van der Waals surface area contributed by atoms with Crippen molar-refractivity contribution in [2.45, 2.75) is 12.5 Å². The van der Waals surface area contributed by atoms with Crippen LogP contribution in [0.3, 0.4) is 0 Å². The number of aromatic nitrogens is 1. The summed E-state index contributed by atoms with van der Waals surface area (Å²) in [7, 11) is 0. The Morgan fingerprint density at radius 1 is 1.30 bits per heavy atom. The van der Waals surface area contributed by atoms with Gasteiger partial charge in [0.05, 0.1) is 17.6 Å². The van der Waals surface area contributed by atoms with Gasteiger partial charge >= 0.3 is 10.8 Å². The maximum Gasteiger partial charge on any atom is 0.318 e. The summed E-state index contributed by atoms with van der Waals surface area (Å²) in [5.41, 5.74) is 0.312. The van der Waals surface area contributed by atoms with Gasteiger partial charge in [-0.1, -0.05) is 30.3 Å². The number of nitro groups is 1. The lowest BCUT2D eigenvalue weighted by Gasteiger charge is -2.18. The van der Waals surface area contributed by atoms with E-state index in [1.54, 1.807) is 0 Å². The maximum atomic E-state index is 11.7. The third-order valence-electron chi connectivity index (χ3n) is 3.18. The molecule has 0 bridgehead atoms. The molecule has 1 atom stereocenters. The highest BCUT2D eigenvalue weighted by molar-refractivity contribution is 6.33. The van der Waals surface area contributed by atoms with E-state index in [0.29, 0.717) is 6.42 Å². The summed E-state index contributed by atoms with van der Waals surface area (Å²) in [6.07, 6.45) is 0.395.